The molecule has 1 aromatic carbocycles. The molecule has 6 nitrogen and oxygen atoms in total. The SMILES string of the molecule is Cn1cnc2cc(CC(=O)N3CCN(c4ccccn4)CC3)ccc21. The normalized spacial score (nSPS) is 14.9. The zero-order valence-electron chi connectivity index (χ0n) is 14.3. The number of hydrogen-bond donors (Lipinski definition) is 0. The number of fused-ring (bicyclic) bond motifs is 1. The van der Waals surface area contributed by atoms with Gasteiger partial charge in [-0.25, -0.2) is 9.97 Å². The van der Waals surface area contributed by atoms with Crippen LogP contribution in [0.15, 0.2) is 48.9 Å². The maximum absolute atomic E-state index is 12.6. The summed E-state index contributed by atoms with van der Waals surface area (Å²) >= 11 is 0. The molecule has 0 N–H and O–H groups in total. The van der Waals surface area contributed by atoms with Gasteiger partial charge in [-0.05, 0) is 29.8 Å². The Morgan fingerprint density at radius 1 is 1.08 bits per heavy atom. The summed E-state index contributed by atoms with van der Waals surface area (Å²) < 4.78 is 1.98. The molecular formula is C19H21N5O. The van der Waals surface area contributed by atoms with Gasteiger partial charge in [0.05, 0.1) is 23.8 Å². The van der Waals surface area contributed by atoms with Crippen LogP contribution in [0, 0.1) is 0 Å². The fourth-order valence-electron chi connectivity index (χ4n) is 3.30. The Kier molecular flexibility index (Phi) is 4.09. The highest BCUT2D eigenvalue weighted by atomic mass is 16.2. The predicted molar refractivity (Wildman–Crippen MR) is 97.4 cm³/mol. The van der Waals surface area contributed by atoms with Gasteiger partial charge >= 0.3 is 0 Å². The van der Waals surface area contributed by atoms with Gasteiger partial charge in [-0.3, -0.25) is 4.79 Å². The summed E-state index contributed by atoms with van der Waals surface area (Å²) in [6, 6.07) is 12.0. The van der Waals surface area contributed by atoms with Crippen molar-refractivity contribution in [2.45, 2.75) is 6.42 Å². The van der Waals surface area contributed by atoms with Crippen LogP contribution in [-0.4, -0.2) is 51.5 Å². The van der Waals surface area contributed by atoms with E-state index in [4.69, 9.17) is 0 Å². The third kappa shape index (κ3) is 3.20. The predicted octanol–water partition coefficient (Wildman–Crippen LogP) is 1.86. The highest BCUT2D eigenvalue weighted by molar-refractivity contribution is 5.82. The van der Waals surface area contributed by atoms with Crippen molar-refractivity contribution in [2.24, 2.45) is 7.05 Å². The minimum absolute atomic E-state index is 0.177. The number of amides is 1. The van der Waals surface area contributed by atoms with Gasteiger partial charge in [0.15, 0.2) is 0 Å². The van der Waals surface area contributed by atoms with Gasteiger partial charge in [0.1, 0.15) is 5.82 Å². The van der Waals surface area contributed by atoms with Crippen LogP contribution >= 0.6 is 0 Å². The Morgan fingerprint density at radius 2 is 1.92 bits per heavy atom. The quantitative estimate of drug-likeness (QED) is 0.733. The summed E-state index contributed by atoms with van der Waals surface area (Å²) in [6.45, 7) is 3.12. The molecule has 1 fully saturated rings. The maximum atomic E-state index is 12.6. The number of nitrogens with zero attached hydrogens (tertiary/aromatic N) is 5. The highest BCUT2D eigenvalue weighted by Gasteiger charge is 2.21. The number of aromatic nitrogens is 3. The molecule has 0 radical (unpaired) electrons. The number of imidazole rings is 1. The zero-order valence-corrected chi connectivity index (χ0v) is 14.3. The fraction of sp³-hybridized carbons (Fsp3) is 0.316. The van der Waals surface area contributed by atoms with E-state index in [1.165, 1.54) is 0 Å². The van der Waals surface area contributed by atoms with Crippen LogP contribution in [0.25, 0.3) is 11.0 Å². The molecule has 0 atom stereocenters. The van der Waals surface area contributed by atoms with E-state index in [1.807, 2.05) is 52.9 Å². The lowest BCUT2D eigenvalue weighted by atomic mass is 10.1. The number of carbonyl (C=O) groups is 1. The summed E-state index contributed by atoms with van der Waals surface area (Å²) in [5.41, 5.74) is 3.04. The molecule has 3 aromatic rings. The number of hydrogen-bond acceptors (Lipinski definition) is 4. The minimum Gasteiger partial charge on any atom is -0.353 e. The van der Waals surface area contributed by atoms with Crippen LogP contribution < -0.4 is 4.90 Å². The number of pyridine rings is 1. The van der Waals surface area contributed by atoms with Crippen molar-refractivity contribution in [3.05, 3.63) is 54.5 Å². The number of benzene rings is 1. The summed E-state index contributed by atoms with van der Waals surface area (Å²) in [4.78, 5) is 25.5. The smallest absolute Gasteiger partial charge is 0.227 e. The summed E-state index contributed by atoms with van der Waals surface area (Å²) in [5.74, 6) is 1.16. The standard InChI is InChI=1S/C19H21N5O/c1-22-14-21-16-12-15(5-6-17(16)22)13-19(25)24-10-8-23(9-11-24)18-4-2-3-7-20-18/h2-7,12,14H,8-11,13H2,1H3. The van der Waals surface area contributed by atoms with Crippen molar-refractivity contribution in [3.8, 4) is 0 Å². The first kappa shape index (κ1) is 15.6. The summed E-state index contributed by atoms with van der Waals surface area (Å²) in [7, 11) is 1.97. The third-order valence-electron chi connectivity index (χ3n) is 4.75. The molecule has 2 aromatic heterocycles. The molecule has 1 amide bonds. The first-order valence-electron chi connectivity index (χ1n) is 8.54. The summed E-state index contributed by atoms with van der Waals surface area (Å²) in [6.07, 6.45) is 4.03. The lowest BCUT2D eigenvalue weighted by molar-refractivity contribution is -0.130. The monoisotopic (exact) mass is 335 g/mol. The molecule has 0 aliphatic carbocycles. The molecule has 1 aliphatic rings. The average molecular weight is 335 g/mol. The Bertz CT molecular complexity index is 881. The third-order valence-corrected chi connectivity index (χ3v) is 4.75. The number of anilines is 1. The maximum Gasteiger partial charge on any atom is 0.227 e. The number of piperazine rings is 1. The van der Waals surface area contributed by atoms with Gasteiger partial charge in [0, 0.05) is 39.4 Å². The van der Waals surface area contributed by atoms with Crippen LogP contribution in [0.2, 0.25) is 0 Å². The van der Waals surface area contributed by atoms with Gasteiger partial charge in [-0.2, -0.15) is 0 Å². The van der Waals surface area contributed by atoms with E-state index < -0.39 is 0 Å². The van der Waals surface area contributed by atoms with E-state index in [2.05, 4.69) is 14.9 Å². The Balaban J connectivity index is 1.38. The van der Waals surface area contributed by atoms with E-state index in [1.54, 1.807) is 12.5 Å². The largest absolute Gasteiger partial charge is 0.353 e. The second-order valence-electron chi connectivity index (χ2n) is 6.41. The van der Waals surface area contributed by atoms with Crippen molar-refractivity contribution in [3.63, 3.8) is 0 Å². The molecule has 6 heteroatoms. The molecule has 1 saturated heterocycles. The second kappa shape index (κ2) is 6.55. The van der Waals surface area contributed by atoms with Crippen molar-refractivity contribution < 1.29 is 4.79 Å². The molecular weight excluding hydrogens is 314 g/mol. The average Bonchev–Trinajstić information content (AvgIpc) is 3.03. The van der Waals surface area contributed by atoms with Gasteiger partial charge in [0.25, 0.3) is 0 Å². The van der Waals surface area contributed by atoms with Crippen LogP contribution in [0.5, 0.6) is 0 Å². The molecule has 25 heavy (non-hydrogen) atoms. The van der Waals surface area contributed by atoms with Gasteiger partial charge < -0.3 is 14.4 Å². The van der Waals surface area contributed by atoms with Gasteiger partial charge in [0.2, 0.25) is 5.91 Å². The summed E-state index contributed by atoms with van der Waals surface area (Å²) in [5, 5.41) is 0. The lowest BCUT2D eigenvalue weighted by Gasteiger charge is -2.35. The molecule has 0 bridgehead atoms. The molecule has 0 saturated carbocycles. The Labute approximate surface area is 146 Å². The first-order valence-corrected chi connectivity index (χ1v) is 8.54. The van der Waals surface area contributed by atoms with Crippen molar-refractivity contribution >= 4 is 22.8 Å². The van der Waals surface area contributed by atoms with Crippen LogP contribution in [0.4, 0.5) is 5.82 Å². The van der Waals surface area contributed by atoms with Gasteiger partial charge in [-0.1, -0.05) is 12.1 Å². The van der Waals surface area contributed by atoms with E-state index in [-0.39, 0.29) is 5.91 Å². The number of rotatable bonds is 3. The fourth-order valence-corrected chi connectivity index (χ4v) is 3.30. The van der Waals surface area contributed by atoms with Crippen molar-refractivity contribution in [2.75, 3.05) is 31.1 Å². The molecule has 128 valence electrons. The minimum atomic E-state index is 0.177. The Hall–Kier alpha value is -2.89. The first-order chi connectivity index (χ1) is 12.2. The molecule has 4 rings (SSSR count). The molecule has 0 spiro atoms. The molecule has 0 unspecified atom stereocenters. The van der Waals surface area contributed by atoms with E-state index in [9.17, 15) is 4.79 Å². The zero-order chi connectivity index (χ0) is 17.2. The topological polar surface area (TPSA) is 54.3 Å². The Morgan fingerprint density at radius 3 is 2.68 bits per heavy atom. The molecule has 1 aliphatic heterocycles. The van der Waals surface area contributed by atoms with E-state index in [0.29, 0.717) is 6.42 Å². The van der Waals surface area contributed by atoms with E-state index in [0.717, 1.165) is 48.6 Å². The van der Waals surface area contributed by atoms with Gasteiger partial charge in [-0.15, -0.1) is 0 Å². The van der Waals surface area contributed by atoms with Crippen LogP contribution in [0.3, 0.4) is 0 Å². The van der Waals surface area contributed by atoms with Crippen molar-refractivity contribution in [1.29, 1.82) is 0 Å². The molecule has 3 heterocycles. The highest BCUT2D eigenvalue weighted by Crippen LogP contribution is 2.16. The van der Waals surface area contributed by atoms with E-state index >= 15 is 0 Å². The van der Waals surface area contributed by atoms with Crippen molar-refractivity contribution in [1.82, 2.24) is 19.4 Å². The number of aryl methyl sites for hydroxylation is 1. The van der Waals surface area contributed by atoms with Crippen LogP contribution in [0.1, 0.15) is 5.56 Å². The second-order valence-corrected chi connectivity index (χ2v) is 6.41. The lowest BCUT2D eigenvalue weighted by Crippen LogP contribution is -2.49. The van der Waals surface area contributed by atoms with Crippen LogP contribution in [-0.2, 0) is 18.3 Å². The number of carbonyl (C=O) groups excluding carboxylic acids is 1.